The molecule has 0 saturated heterocycles. The van der Waals surface area contributed by atoms with Gasteiger partial charge in [-0.15, -0.1) is 0 Å². The minimum absolute atomic E-state index is 0.0441. The standard InChI is InChI=1S/C42H26O/c1-2-11-27(12-3-1)30-23-24-38-37(26-30)42-36(19-10-20-39(42)43-38)41-34-17-8-6-15-32(34)40(33-16-7-9-18-35(33)41)31-22-21-28-13-4-5-14-29(28)25-31/h1-26H/i1D,2D,3D,4D,5D,10D,11D,12D,13D,14D,19D,20D,21D,22D,23D,24D,25D,26D. The Labute approximate surface area is 274 Å². The first kappa shape index (κ1) is 12.3. The Morgan fingerprint density at radius 3 is 1.81 bits per heavy atom. The Balaban J connectivity index is 1.50. The zero-order chi connectivity index (χ0) is 44.0. The summed E-state index contributed by atoms with van der Waals surface area (Å²) >= 11 is 0. The molecule has 0 aliphatic heterocycles. The van der Waals surface area contributed by atoms with Crippen molar-refractivity contribution in [1.82, 2.24) is 0 Å². The van der Waals surface area contributed by atoms with Crippen molar-refractivity contribution < 1.29 is 29.1 Å². The van der Waals surface area contributed by atoms with Crippen LogP contribution in [0.4, 0.5) is 0 Å². The highest BCUT2D eigenvalue weighted by atomic mass is 16.3. The summed E-state index contributed by atoms with van der Waals surface area (Å²) < 4.78 is 164. The van der Waals surface area contributed by atoms with Crippen molar-refractivity contribution in [3.8, 4) is 33.4 Å². The fraction of sp³-hybridized carbons (Fsp3) is 0. The summed E-state index contributed by atoms with van der Waals surface area (Å²) in [5.74, 6) is 0. The van der Waals surface area contributed by atoms with Crippen LogP contribution in [0.15, 0.2) is 162 Å². The van der Waals surface area contributed by atoms with Gasteiger partial charge in [0.2, 0.25) is 0 Å². The second-order valence-corrected chi connectivity index (χ2v) is 9.85. The summed E-state index contributed by atoms with van der Waals surface area (Å²) in [6, 6.07) is 2.50. The van der Waals surface area contributed by atoms with E-state index < -0.39 is 120 Å². The highest BCUT2D eigenvalue weighted by Crippen LogP contribution is 2.47. The Kier molecular flexibility index (Phi) is 2.70. The van der Waals surface area contributed by atoms with Gasteiger partial charge in [0, 0.05) is 10.8 Å². The lowest BCUT2D eigenvalue weighted by Gasteiger charge is -2.18. The Bertz CT molecular complexity index is 3430. The third-order valence-corrected chi connectivity index (χ3v) is 7.50. The van der Waals surface area contributed by atoms with Crippen molar-refractivity contribution in [1.29, 1.82) is 0 Å². The second kappa shape index (κ2) is 9.44. The molecule has 0 bridgehead atoms. The van der Waals surface area contributed by atoms with Gasteiger partial charge in [-0.25, -0.2) is 0 Å². The van der Waals surface area contributed by atoms with Gasteiger partial charge < -0.3 is 4.42 Å². The molecule has 1 heterocycles. The van der Waals surface area contributed by atoms with Crippen LogP contribution in [-0.4, -0.2) is 0 Å². The third-order valence-electron chi connectivity index (χ3n) is 7.50. The van der Waals surface area contributed by atoms with Gasteiger partial charge in [0.05, 0.1) is 24.7 Å². The van der Waals surface area contributed by atoms with E-state index in [9.17, 15) is 5.48 Å². The van der Waals surface area contributed by atoms with Crippen LogP contribution in [0, 0.1) is 0 Å². The number of furan rings is 1. The SMILES string of the molecule is [2H]c1c([2H])c([2H])c(-c2c([2H])c([2H])c3oc4c([2H])c([2H])c([2H])c(-c5c6ccccc6c(-c6c([2H])c([2H])c7c([2H])c([2H])c([2H])c([2H])c7c6[2H])c6ccccc56)c4c3c2[2H])c([2H])c1[2H]. The van der Waals surface area contributed by atoms with E-state index in [-0.39, 0.29) is 55.0 Å². The molecular formula is C42H26O. The average molecular weight is 565 g/mol. The summed E-state index contributed by atoms with van der Waals surface area (Å²) in [7, 11) is 0. The molecular weight excluding hydrogens is 520 g/mol. The zero-order valence-corrected chi connectivity index (χ0v) is 22.0. The van der Waals surface area contributed by atoms with E-state index in [0.717, 1.165) is 0 Å². The van der Waals surface area contributed by atoms with E-state index in [1.54, 1.807) is 48.5 Å². The third kappa shape index (κ3) is 3.72. The lowest BCUT2D eigenvalue weighted by atomic mass is 9.84. The molecule has 8 aromatic carbocycles. The molecule has 0 atom stereocenters. The van der Waals surface area contributed by atoms with Crippen LogP contribution in [0.5, 0.6) is 0 Å². The smallest absolute Gasteiger partial charge is 0.136 e. The quantitative estimate of drug-likeness (QED) is 0.195. The van der Waals surface area contributed by atoms with E-state index in [4.69, 9.17) is 23.6 Å². The molecule has 0 N–H and O–H groups in total. The predicted octanol–water partition coefficient (Wildman–Crippen LogP) is 12.0. The van der Waals surface area contributed by atoms with Gasteiger partial charge in [0.1, 0.15) is 11.2 Å². The van der Waals surface area contributed by atoms with Gasteiger partial charge in [-0.3, -0.25) is 0 Å². The number of rotatable bonds is 3. The molecule has 9 aromatic rings. The van der Waals surface area contributed by atoms with Crippen LogP contribution in [0.25, 0.3) is 87.6 Å². The van der Waals surface area contributed by atoms with E-state index in [1.807, 2.05) is 0 Å². The first-order valence-corrected chi connectivity index (χ1v) is 13.3. The van der Waals surface area contributed by atoms with Gasteiger partial charge >= 0.3 is 0 Å². The normalized spacial score (nSPS) is 17.6. The molecule has 1 aromatic heterocycles. The van der Waals surface area contributed by atoms with Crippen molar-refractivity contribution in [2.24, 2.45) is 0 Å². The van der Waals surface area contributed by atoms with E-state index >= 15 is 0 Å². The maximum Gasteiger partial charge on any atom is 0.136 e. The van der Waals surface area contributed by atoms with Crippen molar-refractivity contribution in [2.45, 2.75) is 0 Å². The van der Waals surface area contributed by atoms with Gasteiger partial charge in [-0.2, -0.15) is 0 Å². The second-order valence-electron chi connectivity index (χ2n) is 9.85. The summed E-state index contributed by atoms with van der Waals surface area (Å²) in [6.07, 6.45) is 0. The Morgan fingerprint density at radius 1 is 0.419 bits per heavy atom. The van der Waals surface area contributed by atoms with E-state index in [2.05, 4.69) is 0 Å². The molecule has 0 saturated carbocycles. The molecule has 1 nitrogen and oxygen atoms in total. The first-order valence-electron chi connectivity index (χ1n) is 22.3. The summed E-state index contributed by atoms with van der Waals surface area (Å²) in [5.41, 5.74) is -1.29. The summed E-state index contributed by atoms with van der Waals surface area (Å²) in [4.78, 5) is 0. The summed E-state index contributed by atoms with van der Waals surface area (Å²) in [5, 5.41) is 0.615. The van der Waals surface area contributed by atoms with Crippen molar-refractivity contribution in [3.05, 3.63) is 157 Å². The van der Waals surface area contributed by atoms with Gasteiger partial charge in [0.25, 0.3) is 0 Å². The van der Waals surface area contributed by atoms with Crippen LogP contribution in [0.2, 0.25) is 0 Å². The predicted molar refractivity (Wildman–Crippen MR) is 183 cm³/mol. The number of fused-ring (bicyclic) bond motifs is 6. The number of benzene rings is 8. The topological polar surface area (TPSA) is 13.1 Å². The highest BCUT2D eigenvalue weighted by molar-refractivity contribution is 6.26. The molecule has 0 unspecified atom stereocenters. The van der Waals surface area contributed by atoms with E-state index in [1.165, 1.54) is 0 Å². The van der Waals surface area contributed by atoms with Crippen molar-refractivity contribution in [3.63, 3.8) is 0 Å². The fourth-order valence-corrected chi connectivity index (χ4v) is 5.71. The molecule has 9 rings (SSSR count). The molecule has 1 heteroatoms. The Hall–Kier alpha value is -5.66. The zero-order valence-electron chi connectivity index (χ0n) is 40.0. The highest BCUT2D eigenvalue weighted by Gasteiger charge is 2.20. The minimum Gasteiger partial charge on any atom is -0.456 e. The lowest BCUT2D eigenvalue weighted by molar-refractivity contribution is 0.669. The van der Waals surface area contributed by atoms with Gasteiger partial charge in [-0.05, 0) is 89.9 Å². The average Bonchev–Trinajstić information content (AvgIpc) is 3.65. The van der Waals surface area contributed by atoms with Crippen LogP contribution in [0.3, 0.4) is 0 Å². The van der Waals surface area contributed by atoms with Crippen LogP contribution in [-0.2, 0) is 0 Å². The maximum absolute atomic E-state index is 9.54. The molecule has 200 valence electrons. The number of hydrogen-bond acceptors (Lipinski definition) is 1. The molecule has 0 aliphatic carbocycles. The molecule has 0 radical (unpaired) electrons. The van der Waals surface area contributed by atoms with Crippen LogP contribution in [0.1, 0.15) is 24.7 Å². The Morgan fingerprint density at radius 2 is 1.07 bits per heavy atom. The molecule has 0 aliphatic rings. The minimum atomic E-state index is -0.728. The monoisotopic (exact) mass is 564 g/mol. The maximum atomic E-state index is 9.54. The summed E-state index contributed by atoms with van der Waals surface area (Å²) in [6.45, 7) is 0. The largest absolute Gasteiger partial charge is 0.456 e. The van der Waals surface area contributed by atoms with Crippen molar-refractivity contribution >= 4 is 54.3 Å². The molecule has 0 amide bonds. The van der Waals surface area contributed by atoms with Gasteiger partial charge in [0.15, 0.2) is 0 Å². The molecule has 0 fully saturated rings. The number of hydrogen-bond donors (Lipinski definition) is 0. The van der Waals surface area contributed by atoms with Crippen LogP contribution < -0.4 is 0 Å². The molecule has 43 heavy (non-hydrogen) atoms. The van der Waals surface area contributed by atoms with Crippen LogP contribution >= 0.6 is 0 Å². The van der Waals surface area contributed by atoms with Gasteiger partial charge in [-0.1, -0.05) is 133 Å². The van der Waals surface area contributed by atoms with E-state index in [0.29, 0.717) is 21.5 Å². The fourth-order valence-electron chi connectivity index (χ4n) is 5.71. The first-order chi connectivity index (χ1) is 28.8. The lowest BCUT2D eigenvalue weighted by Crippen LogP contribution is -1.91. The van der Waals surface area contributed by atoms with Crippen molar-refractivity contribution in [2.75, 3.05) is 0 Å². The molecule has 0 spiro atoms.